The Morgan fingerprint density at radius 1 is 0.530 bits per heavy atom. The minimum atomic E-state index is -1.76. The number of carbonyl (C=O) groups is 10. The predicted molar refractivity (Wildman–Crippen MR) is 236 cm³/mol. The zero-order valence-electron chi connectivity index (χ0n) is 37.9. The summed E-state index contributed by atoms with van der Waals surface area (Å²) in [5.41, 5.74) is 27.7. The van der Waals surface area contributed by atoms with Crippen molar-refractivity contribution in [3.63, 3.8) is 0 Å². The minimum Gasteiger partial charge on any atom is -0.481 e. The number of nitrogens with two attached hydrogens (primary N) is 5. The van der Waals surface area contributed by atoms with Gasteiger partial charge in [-0.15, -0.1) is 0 Å². The van der Waals surface area contributed by atoms with Crippen molar-refractivity contribution in [2.45, 2.75) is 140 Å². The molecule has 0 unspecified atom stereocenters. The molecule has 27 nitrogen and oxygen atoms in total. The Balaban J connectivity index is 6.53. The van der Waals surface area contributed by atoms with E-state index in [1.54, 1.807) is 13.8 Å². The molecule has 8 atom stereocenters. The molecule has 0 aliphatic heterocycles. The molecule has 0 rings (SSSR count). The van der Waals surface area contributed by atoms with Gasteiger partial charge < -0.3 is 86.3 Å². The number of guanidine groups is 1. The number of nitrogens with zero attached hydrogens (tertiary/aromatic N) is 1. The number of carboxylic acids is 2. The Bertz CT molecular complexity index is 1680. The van der Waals surface area contributed by atoms with E-state index in [0.717, 1.165) is 0 Å². The zero-order valence-corrected chi connectivity index (χ0v) is 37.9. The lowest BCUT2D eigenvalue weighted by Gasteiger charge is -2.28. The van der Waals surface area contributed by atoms with Crippen molar-refractivity contribution >= 4 is 65.2 Å². The Kier molecular flexibility index (Phi) is 28.7. The first-order chi connectivity index (χ1) is 30.9. The third-order valence-corrected chi connectivity index (χ3v) is 9.68. The summed E-state index contributed by atoms with van der Waals surface area (Å²) in [5, 5.41) is 54.8. The molecule has 0 saturated heterocycles. The summed E-state index contributed by atoms with van der Waals surface area (Å²) in [6.07, 6.45) is -0.806. The first kappa shape index (κ1) is 59.8. The second-order valence-corrected chi connectivity index (χ2v) is 16.2. The van der Waals surface area contributed by atoms with Gasteiger partial charge in [0.1, 0.15) is 42.3 Å². The summed E-state index contributed by atoms with van der Waals surface area (Å²) < 4.78 is 0. The maximum absolute atomic E-state index is 14.0. The van der Waals surface area contributed by atoms with Crippen molar-refractivity contribution in [2.24, 2.45) is 45.5 Å². The largest absolute Gasteiger partial charge is 0.481 e. The van der Waals surface area contributed by atoms with Crippen LogP contribution in [0, 0.1) is 11.8 Å². The van der Waals surface area contributed by atoms with Crippen molar-refractivity contribution in [3.05, 3.63) is 0 Å². The molecule has 0 aromatic carbocycles. The van der Waals surface area contributed by atoms with Crippen LogP contribution in [0.5, 0.6) is 0 Å². The molecule has 0 saturated carbocycles. The fourth-order valence-electron chi connectivity index (χ4n) is 6.00. The van der Waals surface area contributed by atoms with Crippen LogP contribution in [0.15, 0.2) is 4.99 Å². The van der Waals surface area contributed by atoms with E-state index < -0.39 is 146 Å². The summed E-state index contributed by atoms with van der Waals surface area (Å²) >= 11 is 0. The van der Waals surface area contributed by atoms with Gasteiger partial charge in [-0.2, -0.15) is 0 Å². The molecule has 66 heavy (non-hydrogen) atoms. The van der Waals surface area contributed by atoms with E-state index in [-0.39, 0.29) is 57.1 Å². The number of carboxylic acid groups (broad SMARTS) is 2. The fourth-order valence-corrected chi connectivity index (χ4v) is 6.00. The molecular weight excluding hydrogens is 875 g/mol. The lowest BCUT2D eigenvalue weighted by Crippen LogP contribution is -2.61. The van der Waals surface area contributed by atoms with Crippen LogP contribution in [-0.4, -0.2) is 160 Å². The Morgan fingerprint density at radius 2 is 0.955 bits per heavy atom. The Hall–Kier alpha value is -6.19. The highest BCUT2D eigenvalue weighted by molar-refractivity contribution is 5.98. The number of rotatable bonds is 34. The van der Waals surface area contributed by atoms with E-state index in [4.69, 9.17) is 33.8 Å². The quantitative estimate of drug-likeness (QED) is 0.0162. The van der Waals surface area contributed by atoms with E-state index in [0.29, 0.717) is 12.8 Å². The molecule has 21 N–H and O–H groups in total. The van der Waals surface area contributed by atoms with E-state index >= 15 is 0 Å². The van der Waals surface area contributed by atoms with E-state index in [1.165, 1.54) is 13.8 Å². The summed E-state index contributed by atoms with van der Waals surface area (Å²) in [4.78, 5) is 132. The SMILES string of the molecule is CC(C)C[C@H](NC(=O)[C@H](CCC(N)=O)NC(=O)[C@H](CCCN=C(N)N)NC(=O)[C@H](CCCCN)NC(=O)[C@@H](N)CCC(=O)O)C(=O)N[C@@H](CO)C(=O)N[C@@H](CO)C(=O)N[C@H](C(=O)O)C(C)C. The monoisotopic (exact) mass is 946 g/mol. The number of primary amides is 1. The van der Waals surface area contributed by atoms with Crippen LogP contribution in [-0.2, 0) is 47.9 Å². The molecule has 0 aliphatic rings. The summed E-state index contributed by atoms with van der Waals surface area (Å²) in [5.74, 6) is -11.5. The molecule has 0 heterocycles. The van der Waals surface area contributed by atoms with Gasteiger partial charge in [0.05, 0.1) is 19.3 Å². The molecular formula is C39H71N13O14. The second kappa shape index (κ2) is 31.6. The van der Waals surface area contributed by atoms with Gasteiger partial charge in [-0.25, -0.2) is 4.79 Å². The summed E-state index contributed by atoms with van der Waals surface area (Å²) in [7, 11) is 0. The summed E-state index contributed by atoms with van der Waals surface area (Å²) in [6.45, 7) is 4.63. The Morgan fingerprint density at radius 3 is 1.38 bits per heavy atom. The molecule has 0 aromatic rings. The van der Waals surface area contributed by atoms with Crippen LogP contribution in [0.3, 0.4) is 0 Å². The number of carbonyl (C=O) groups excluding carboxylic acids is 8. The van der Waals surface area contributed by atoms with Crippen LogP contribution in [0.25, 0.3) is 0 Å². The van der Waals surface area contributed by atoms with Crippen molar-refractivity contribution < 1.29 is 68.4 Å². The van der Waals surface area contributed by atoms with Crippen molar-refractivity contribution in [1.82, 2.24) is 37.2 Å². The molecule has 0 bridgehead atoms. The maximum Gasteiger partial charge on any atom is 0.326 e. The maximum atomic E-state index is 14.0. The van der Waals surface area contributed by atoms with Gasteiger partial charge in [-0.1, -0.05) is 27.7 Å². The van der Waals surface area contributed by atoms with Crippen LogP contribution in [0.1, 0.15) is 91.9 Å². The van der Waals surface area contributed by atoms with E-state index in [9.17, 15) is 63.3 Å². The molecule has 0 radical (unpaired) electrons. The number of aliphatic carboxylic acids is 2. The molecule has 0 aromatic heterocycles. The molecule has 0 spiro atoms. The number of nitrogens with one attached hydrogen (secondary N) is 7. The van der Waals surface area contributed by atoms with Crippen LogP contribution in [0.4, 0.5) is 0 Å². The smallest absolute Gasteiger partial charge is 0.326 e. The highest BCUT2D eigenvalue weighted by Crippen LogP contribution is 2.10. The lowest BCUT2D eigenvalue weighted by molar-refractivity contribution is -0.144. The van der Waals surface area contributed by atoms with Crippen molar-refractivity contribution in [3.8, 4) is 0 Å². The topological polar surface area (TPSA) is 478 Å². The van der Waals surface area contributed by atoms with Gasteiger partial charge in [0.15, 0.2) is 5.96 Å². The number of unbranched alkanes of at least 4 members (excludes halogenated alkanes) is 1. The highest BCUT2D eigenvalue weighted by atomic mass is 16.4. The van der Waals surface area contributed by atoms with Crippen LogP contribution in [0.2, 0.25) is 0 Å². The van der Waals surface area contributed by atoms with Gasteiger partial charge in [0.25, 0.3) is 0 Å². The van der Waals surface area contributed by atoms with Crippen molar-refractivity contribution in [1.29, 1.82) is 0 Å². The number of hydrogen-bond donors (Lipinski definition) is 16. The first-order valence-corrected chi connectivity index (χ1v) is 21.5. The lowest BCUT2D eigenvalue weighted by atomic mass is 10.0. The average Bonchev–Trinajstić information content (AvgIpc) is 3.23. The third-order valence-electron chi connectivity index (χ3n) is 9.68. The molecule has 8 amide bonds. The Labute approximate surface area is 382 Å². The van der Waals surface area contributed by atoms with Crippen molar-refractivity contribution in [2.75, 3.05) is 26.3 Å². The van der Waals surface area contributed by atoms with Gasteiger partial charge in [-0.3, -0.25) is 48.1 Å². The standard InChI is InChI=1S/C39H71N13O14/c1-19(2)16-25(35(62)50-26(17-53)36(63)51-27(18-54)37(64)52-30(20(3)4)38(65)66)49-34(61)24(11-12-28(42)55)48-33(60)23(9-7-15-45-39(43)44)47-32(59)22(8-5-6-14-40)46-31(58)21(41)10-13-29(56)57/h19-27,30,53-54H,5-18,40-41H2,1-4H3,(H2,42,55)(H,46,58)(H,47,59)(H,48,60)(H,49,61)(H,50,62)(H,51,63)(H,52,64)(H,56,57)(H,65,66)(H4,43,44,45)/t21-,22-,23-,24-,25-,26-,27-,30-/m0/s1. The molecule has 376 valence electrons. The van der Waals surface area contributed by atoms with Gasteiger partial charge >= 0.3 is 11.9 Å². The normalized spacial score (nSPS) is 14.7. The number of hydrogen-bond acceptors (Lipinski definition) is 15. The van der Waals surface area contributed by atoms with Crippen LogP contribution < -0.4 is 65.9 Å². The zero-order chi connectivity index (χ0) is 50.7. The molecule has 27 heteroatoms. The van der Waals surface area contributed by atoms with E-state index in [2.05, 4.69) is 42.2 Å². The number of aliphatic imine (C=N–C) groups is 1. The minimum absolute atomic E-state index is 0.00129. The predicted octanol–water partition coefficient (Wildman–Crippen LogP) is -6.21. The summed E-state index contributed by atoms with van der Waals surface area (Å²) in [6, 6.07) is -11.9. The average molecular weight is 946 g/mol. The molecule has 0 aliphatic carbocycles. The fraction of sp³-hybridized carbons (Fsp3) is 0.718. The first-order valence-electron chi connectivity index (χ1n) is 21.5. The number of aliphatic hydroxyl groups is 2. The second-order valence-electron chi connectivity index (χ2n) is 16.2. The van der Waals surface area contributed by atoms with Gasteiger partial charge in [0, 0.05) is 19.4 Å². The van der Waals surface area contributed by atoms with Gasteiger partial charge in [0.2, 0.25) is 47.3 Å². The van der Waals surface area contributed by atoms with Gasteiger partial charge in [-0.05, 0) is 69.7 Å². The highest BCUT2D eigenvalue weighted by Gasteiger charge is 2.35. The number of amides is 8. The van der Waals surface area contributed by atoms with Crippen LogP contribution >= 0.6 is 0 Å². The molecule has 0 fully saturated rings. The van der Waals surface area contributed by atoms with E-state index in [1.807, 2.05) is 0 Å². The number of aliphatic hydroxyl groups excluding tert-OH is 2. The third kappa shape index (κ3) is 24.2.